The van der Waals surface area contributed by atoms with E-state index in [0.29, 0.717) is 6.42 Å². The summed E-state index contributed by atoms with van der Waals surface area (Å²) >= 11 is 5.73. The fourth-order valence-corrected chi connectivity index (χ4v) is 2.12. The Kier molecular flexibility index (Phi) is 4.27. The molecule has 98 valence electrons. The van der Waals surface area contributed by atoms with Gasteiger partial charge in [0, 0.05) is 5.69 Å². The van der Waals surface area contributed by atoms with Crippen LogP contribution in [0.15, 0.2) is 36.4 Å². The molecule has 0 radical (unpaired) electrons. The van der Waals surface area contributed by atoms with E-state index in [2.05, 4.69) is 4.98 Å². The molecule has 0 fully saturated rings. The molecule has 4 heteroatoms. The topological polar surface area (TPSA) is 30.0 Å². The molecular weight excluding hydrogens is 265 g/mol. The van der Waals surface area contributed by atoms with Crippen LogP contribution in [0.1, 0.15) is 22.9 Å². The van der Waals surface area contributed by atoms with Gasteiger partial charge >= 0.3 is 0 Å². The van der Waals surface area contributed by atoms with Crippen LogP contribution < -0.4 is 0 Å². The van der Waals surface area contributed by atoms with Crippen molar-refractivity contribution >= 4 is 17.9 Å². The zero-order valence-corrected chi connectivity index (χ0v) is 11.2. The first-order valence-electron chi connectivity index (χ1n) is 5.93. The Bertz CT molecular complexity index is 600. The normalized spacial score (nSPS) is 12.2. The van der Waals surface area contributed by atoms with Crippen LogP contribution >= 0.6 is 11.6 Å². The SMILES string of the molecule is Cc1cccc(C(C=O)Cc2ccc(F)c(Cl)c2)n1. The average molecular weight is 278 g/mol. The number of rotatable bonds is 4. The number of aryl methyl sites for hydroxylation is 1. The third-order valence-electron chi connectivity index (χ3n) is 2.89. The molecule has 1 atom stereocenters. The van der Waals surface area contributed by atoms with Gasteiger partial charge in [-0.25, -0.2) is 4.39 Å². The summed E-state index contributed by atoms with van der Waals surface area (Å²) in [7, 11) is 0. The van der Waals surface area contributed by atoms with E-state index in [1.807, 2.05) is 25.1 Å². The van der Waals surface area contributed by atoms with Crippen molar-refractivity contribution in [2.24, 2.45) is 0 Å². The minimum absolute atomic E-state index is 0.0688. The zero-order valence-electron chi connectivity index (χ0n) is 10.4. The van der Waals surface area contributed by atoms with Crippen molar-refractivity contribution in [2.75, 3.05) is 0 Å². The predicted octanol–water partition coefficient (Wildman–Crippen LogP) is 3.71. The van der Waals surface area contributed by atoms with Crippen molar-refractivity contribution in [3.05, 3.63) is 64.2 Å². The molecule has 1 unspecified atom stereocenters. The molecule has 0 aliphatic heterocycles. The van der Waals surface area contributed by atoms with E-state index in [0.717, 1.165) is 23.2 Å². The van der Waals surface area contributed by atoms with Crippen molar-refractivity contribution in [3.63, 3.8) is 0 Å². The number of carbonyl (C=O) groups is 1. The summed E-state index contributed by atoms with van der Waals surface area (Å²) in [5.41, 5.74) is 2.39. The first-order chi connectivity index (χ1) is 9.10. The van der Waals surface area contributed by atoms with Crippen molar-refractivity contribution in [1.82, 2.24) is 4.98 Å². The van der Waals surface area contributed by atoms with Gasteiger partial charge in [-0.3, -0.25) is 4.98 Å². The van der Waals surface area contributed by atoms with Gasteiger partial charge in [0.05, 0.1) is 16.6 Å². The average Bonchev–Trinajstić information content (AvgIpc) is 2.40. The quantitative estimate of drug-likeness (QED) is 0.798. The molecule has 0 spiro atoms. The highest BCUT2D eigenvalue weighted by Gasteiger charge is 2.14. The maximum atomic E-state index is 13.1. The lowest BCUT2D eigenvalue weighted by Gasteiger charge is -2.11. The highest BCUT2D eigenvalue weighted by atomic mass is 35.5. The largest absolute Gasteiger partial charge is 0.303 e. The van der Waals surface area contributed by atoms with E-state index in [4.69, 9.17) is 11.6 Å². The van der Waals surface area contributed by atoms with E-state index in [1.165, 1.54) is 6.07 Å². The molecule has 2 nitrogen and oxygen atoms in total. The Morgan fingerprint density at radius 3 is 2.79 bits per heavy atom. The number of aromatic nitrogens is 1. The smallest absolute Gasteiger partial charge is 0.141 e. The summed E-state index contributed by atoms with van der Waals surface area (Å²) in [5.74, 6) is -0.803. The molecule has 1 heterocycles. The lowest BCUT2D eigenvalue weighted by atomic mass is 9.97. The highest BCUT2D eigenvalue weighted by Crippen LogP contribution is 2.21. The van der Waals surface area contributed by atoms with Gasteiger partial charge in [0.1, 0.15) is 12.1 Å². The first kappa shape index (κ1) is 13.7. The highest BCUT2D eigenvalue weighted by molar-refractivity contribution is 6.30. The van der Waals surface area contributed by atoms with Crippen LogP contribution in [0.3, 0.4) is 0 Å². The van der Waals surface area contributed by atoms with E-state index >= 15 is 0 Å². The molecule has 0 saturated carbocycles. The van der Waals surface area contributed by atoms with Gasteiger partial charge in [0.2, 0.25) is 0 Å². The van der Waals surface area contributed by atoms with Crippen LogP contribution in [0.2, 0.25) is 5.02 Å². The van der Waals surface area contributed by atoms with Crippen molar-refractivity contribution in [2.45, 2.75) is 19.3 Å². The Hall–Kier alpha value is -1.74. The summed E-state index contributed by atoms with van der Waals surface area (Å²) in [6.45, 7) is 1.88. The van der Waals surface area contributed by atoms with Gasteiger partial charge in [0.25, 0.3) is 0 Å². The maximum Gasteiger partial charge on any atom is 0.141 e. The monoisotopic (exact) mass is 277 g/mol. The Labute approximate surface area is 116 Å². The lowest BCUT2D eigenvalue weighted by Crippen LogP contribution is -2.07. The Balaban J connectivity index is 2.23. The third kappa shape index (κ3) is 3.38. The number of benzene rings is 1. The fourth-order valence-electron chi connectivity index (χ4n) is 1.91. The number of halogens is 2. The molecule has 0 aliphatic carbocycles. The van der Waals surface area contributed by atoms with Crippen LogP contribution in [0.25, 0.3) is 0 Å². The minimum atomic E-state index is -0.457. The lowest BCUT2D eigenvalue weighted by molar-refractivity contribution is -0.109. The summed E-state index contributed by atoms with van der Waals surface area (Å²) in [6.07, 6.45) is 1.32. The van der Waals surface area contributed by atoms with Gasteiger partial charge in [-0.1, -0.05) is 23.7 Å². The van der Waals surface area contributed by atoms with E-state index in [1.54, 1.807) is 12.1 Å². The summed E-state index contributed by atoms with van der Waals surface area (Å²) in [5, 5.41) is 0.0688. The summed E-state index contributed by atoms with van der Waals surface area (Å²) in [6, 6.07) is 10.0. The molecule has 19 heavy (non-hydrogen) atoms. The number of nitrogens with zero attached hydrogens (tertiary/aromatic N) is 1. The molecule has 2 rings (SSSR count). The molecule has 0 aliphatic rings. The van der Waals surface area contributed by atoms with Crippen molar-refractivity contribution < 1.29 is 9.18 Å². The fraction of sp³-hybridized carbons (Fsp3) is 0.200. The van der Waals surface area contributed by atoms with Crippen LogP contribution in [-0.2, 0) is 11.2 Å². The molecule has 1 aromatic carbocycles. The first-order valence-corrected chi connectivity index (χ1v) is 6.30. The van der Waals surface area contributed by atoms with Crippen LogP contribution in [0, 0.1) is 12.7 Å². The maximum absolute atomic E-state index is 13.1. The van der Waals surface area contributed by atoms with Gasteiger partial charge < -0.3 is 4.79 Å². The molecule has 2 aromatic rings. The number of aldehydes is 1. The Morgan fingerprint density at radius 1 is 1.37 bits per heavy atom. The van der Waals surface area contributed by atoms with Gasteiger partial charge in [-0.15, -0.1) is 0 Å². The van der Waals surface area contributed by atoms with Crippen molar-refractivity contribution in [1.29, 1.82) is 0 Å². The predicted molar refractivity (Wildman–Crippen MR) is 72.9 cm³/mol. The van der Waals surface area contributed by atoms with Crippen molar-refractivity contribution in [3.8, 4) is 0 Å². The summed E-state index contributed by atoms with van der Waals surface area (Å²) < 4.78 is 13.1. The second-order valence-corrected chi connectivity index (χ2v) is 4.81. The Morgan fingerprint density at radius 2 is 2.16 bits per heavy atom. The third-order valence-corrected chi connectivity index (χ3v) is 3.18. The van der Waals surface area contributed by atoms with Crippen LogP contribution in [-0.4, -0.2) is 11.3 Å². The number of hydrogen-bond acceptors (Lipinski definition) is 2. The number of pyridine rings is 1. The standard InChI is InChI=1S/C15H13ClFNO/c1-10-3-2-4-15(18-10)12(9-19)7-11-5-6-14(17)13(16)8-11/h2-6,8-9,12H,7H2,1H3. The second kappa shape index (κ2) is 5.93. The molecule has 0 N–H and O–H groups in total. The van der Waals surface area contributed by atoms with Crippen LogP contribution in [0.5, 0.6) is 0 Å². The van der Waals surface area contributed by atoms with Gasteiger partial charge in [-0.2, -0.15) is 0 Å². The zero-order chi connectivity index (χ0) is 13.8. The molecule has 0 amide bonds. The second-order valence-electron chi connectivity index (χ2n) is 4.40. The van der Waals surface area contributed by atoms with Gasteiger partial charge in [0.15, 0.2) is 0 Å². The number of hydrogen-bond donors (Lipinski definition) is 0. The molecule has 0 bridgehead atoms. The minimum Gasteiger partial charge on any atom is -0.303 e. The molecular formula is C15H13ClFNO. The van der Waals surface area contributed by atoms with Gasteiger partial charge in [-0.05, 0) is 43.2 Å². The van der Waals surface area contributed by atoms with E-state index in [9.17, 15) is 9.18 Å². The molecule has 1 aromatic heterocycles. The van der Waals surface area contributed by atoms with E-state index < -0.39 is 5.82 Å². The van der Waals surface area contributed by atoms with Crippen LogP contribution in [0.4, 0.5) is 4.39 Å². The van der Waals surface area contributed by atoms with E-state index in [-0.39, 0.29) is 10.9 Å². The molecule has 0 saturated heterocycles. The number of carbonyl (C=O) groups excluding carboxylic acids is 1. The summed E-state index contributed by atoms with van der Waals surface area (Å²) in [4.78, 5) is 15.6.